The summed E-state index contributed by atoms with van der Waals surface area (Å²) in [6.45, 7) is 5.88. The van der Waals surface area contributed by atoms with Crippen LogP contribution >= 0.6 is 15.9 Å². The summed E-state index contributed by atoms with van der Waals surface area (Å²) in [7, 11) is 0. The van der Waals surface area contributed by atoms with Gasteiger partial charge in [0.1, 0.15) is 24.0 Å². The Hall–Kier alpha value is -2.84. The number of anilines is 1. The number of benzene rings is 2. The number of nitriles is 1. The van der Waals surface area contributed by atoms with Crippen LogP contribution in [0.1, 0.15) is 11.1 Å². The molecular weight excluding hydrogens is 380 g/mol. The zero-order chi connectivity index (χ0) is 18.2. The molecule has 2 aromatic rings. The molecule has 0 aliphatic heterocycles. The molecule has 0 aliphatic carbocycles. The quantitative estimate of drug-likeness (QED) is 0.430. The zero-order valence-electron chi connectivity index (χ0n) is 13.8. The highest BCUT2D eigenvalue weighted by Crippen LogP contribution is 2.26. The third-order valence-electron chi connectivity index (χ3n) is 3.27. The highest BCUT2D eigenvalue weighted by atomic mass is 79.9. The summed E-state index contributed by atoms with van der Waals surface area (Å²) < 4.78 is 6.40. The van der Waals surface area contributed by atoms with Crippen molar-refractivity contribution in [2.24, 2.45) is 0 Å². The molecule has 0 aliphatic rings. The fourth-order valence-electron chi connectivity index (χ4n) is 2.14. The van der Waals surface area contributed by atoms with Gasteiger partial charge in [-0.25, -0.2) is 0 Å². The van der Waals surface area contributed by atoms with Crippen molar-refractivity contribution in [3.63, 3.8) is 0 Å². The van der Waals surface area contributed by atoms with Gasteiger partial charge < -0.3 is 10.1 Å². The molecule has 0 heterocycles. The van der Waals surface area contributed by atoms with Crippen LogP contribution in [0.2, 0.25) is 0 Å². The van der Waals surface area contributed by atoms with Crippen LogP contribution in [-0.4, -0.2) is 12.5 Å². The van der Waals surface area contributed by atoms with Crippen LogP contribution in [0, 0.1) is 18.3 Å². The van der Waals surface area contributed by atoms with Gasteiger partial charge in [0.05, 0.1) is 0 Å². The molecule has 0 bridgehead atoms. The first kappa shape index (κ1) is 18.5. The van der Waals surface area contributed by atoms with E-state index in [9.17, 15) is 10.1 Å². The first-order valence-electron chi connectivity index (χ1n) is 7.56. The minimum absolute atomic E-state index is 0.0111. The van der Waals surface area contributed by atoms with E-state index in [1.54, 1.807) is 24.3 Å². The Kier molecular flexibility index (Phi) is 6.55. The molecule has 0 saturated heterocycles. The summed E-state index contributed by atoms with van der Waals surface area (Å²) in [5, 5.41) is 12.1. The van der Waals surface area contributed by atoms with Crippen LogP contribution in [0.25, 0.3) is 6.08 Å². The summed E-state index contributed by atoms with van der Waals surface area (Å²) in [5.74, 6) is 0.0990. The Labute approximate surface area is 155 Å². The maximum Gasteiger partial charge on any atom is 0.266 e. The highest BCUT2D eigenvalue weighted by Gasteiger charge is 2.12. The summed E-state index contributed by atoms with van der Waals surface area (Å²) >= 11 is 3.39. The largest absolute Gasteiger partial charge is 0.489 e. The maximum atomic E-state index is 12.4. The molecule has 4 nitrogen and oxygen atoms in total. The lowest BCUT2D eigenvalue weighted by molar-refractivity contribution is -0.112. The second kappa shape index (κ2) is 8.86. The SMILES string of the molecule is C=CCOc1ccc(Br)cc1/C=C(\C#N)C(=O)Nc1cccc(C)c1. The zero-order valence-corrected chi connectivity index (χ0v) is 15.3. The number of rotatable bonds is 6. The molecule has 2 rings (SSSR count). The van der Waals surface area contributed by atoms with E-state index >= 15 is 0 Å². The van der Waals surface area contributed by atoms with Gasteiger partial charge in [-0.1, -0.05) is 40.7 Å². The van der Waals surface area contributed by atoms with E-state index in [1.165, 1.54) is 6.08 Å². The molecular formula is C20H17BrN2O2. The van der Waals surface area contributed by atoms with Gasteiger partial charge in [-0.05, 0) is 48.9 Å². The van der Waals surface area contributed by atoms with E-state index < -0.39 is 5.91 Å². The number of aryl methyl sites for hydroxylation is 1. The first-order chi connectivity index (χ1) is 12.0. The number of nitrogens with one attached hydrogen (secondary N) is 1. The lowest BCUT2D eigenvalue weighted by Crippen LogP contribution is -2.13. The van der Waals surface area contributed by atoms with Gasteiger partial charge in [0.25, 0.3) is 5.91 Å². The van der Waals surface area contributed by atoms with Crippen LogP contribution in [0.15, 0.2) is 65.2 Å². The van der Waals surface area contributed by atoms with E-state index in [2.05, 4.69) is 27.8 Å². The summed E-state index contributed by atoms with van der Waals surface area (Å²) in [6.07, 6.45) is 3.14. The summed E-state index contributed by atoms with van der Waals surface area (Å²) in [6, 6.07) is 14.7. The number of carbonyl (C=O) groups excluding carboxylic acids is 1. The number of ether oxygens (including phenoxy) is 1. The van der Waals surface area contributed by atoms with Crippen molar-refractivity contribution in [2.75, 3.05) is 11.9 Å². The second-order valence-electron chi connectivity index (χ2n) is 5.28. The Balaban J connectivity index is 2.30. The van der Waals surface area contributed by atoms with E-state index in [0.717, 1.165) is 10.0 Å². The van der Waals surface area contributed by atoms with E-state index in [-0.39, 0.29) is 5.57 Å². The van der Waals surface area contributed by atoms with Crippen molar-refractivity contribution in [2.45, 2.75) is 6.92 Å². The topological polar surface area (TPSA) is 62.1 Å². The highest BCUT2D eigenvalue weighted by molar-refractivity contribution is 9.10. The van der Waals surface area contributed by atoms with Gasteiger partial charge in [0.15, 0.2) is 0 Å². The van der Waals surface area contributed by atoms with Crippen molar-refractivity contribution in [3.8, 4) is 11.8 Å². The molecule has 25 heavy (non-hydrogen) atoms. The molecule has 0 unspecified atom stereocenters. The van der Waals surface area contributed by atoms with Crippen molar-refractivity contribution in [3.05, 3.63) is 76.3 Å². The monoisotopic (exact) mass is 396 g/mol. The van der Waals surface area contributed by atoms with E-state index in [4.69, 9.17) is 4.74 Å². The smallest absolute Gasteiger partial charge is 0.266 e. The number of amides is 1. The Morgan fingerprint density at radius 2 is 2.16 bits per heavy atom. The van der Waals surface area contributed by atoms with Gasteiger partial charge >= 0.3 is 0 Å². The molecule has 0 spiro atoms. The number of nitrogens with zero attached hydrogens (tertiary/aromatic N) is 1. The fourth-order valence-corrected chi connectivity index (χ4v) is 2.52. The predicted octanol–water partition coefficient (Wildman–Crippen LogP) is 4.87. The normalized spacial score (nSPS) is 10.7. The standard InChI is InChI=1S/C20H17BrN2O2/c1-3-9-25-19-8-7-17(21)12-15(19)11-16(13-22)20(24)23-18-6-4-5-14(2)10-18/h3-8,10-12H,1,9H2,2H3,(H,23,24)/b16-11+. The van der Waals surface area contributed by atoms with Crippen molar-refractivity contribution in [1.29, 1.82) is 5.26 Å². The van der Waals surface area contributed by atoms with Crippen LogP contribution in [0.4, 0.5) is 5.69 Å². The minimum Gasteiger partial charge on any atom is -0.489 e. The Bertz CT molecular complexity index is 866. The van der Waals surface area contributed by atoms with Gasteiger partial charge in [-0.2, -0.15) is 5.26 Å². The van der Waals surface area contributed by atoms with Crippen molar-refractivity contribution < 1.29 is 9.53 Å². The molecule has 1 N–H and O–H groups in total. The molecule has 5 heteroatoms. The number of hydrogen-bond donors (Lipinski definition) is 1. The van der Waals surface area contributed by atoms with Crippen LogP contribution in [-0.2, 0) is 4.79 Å². The lowest BCUT2D eigenvalue weighted by atomic mass is 10.1. The predicted molar refractivity (Wildman–Crippen MR) is 103 cm³/mol. The Morgan fingerprint density at radius 1 is 1.36 bits per heavy atom. The number of hydrogen-bond acceptors (Lipinski definition) is 3. The summed E-state index contributed by atoms with van der Waals surface area (Å²) in [4.78, 5) is 12.4. The molecule has 126 valence electrons. The average molecular weight is 397 g/mol. The third-order valence-corrected chi connectivity index (χ3v) is 3.76. The molecule has 2 aromatic carbocycles. The van der Waals surface area contributed by atoms with Crippen molar-refractivity contribution >= 4 is 33.6 Å². The molecule has 0 atom stereocenters. The van der Waals surface area contributed by atoms with Gasteiger partial charge in [0, 0.05) is 15.7 Å². The molecule has 1 amide bonds. The number of halogens is 1. The van der Waals surface area contributed by atoms with Crippen LogP contribution in [0.3, 0.4) is 0 Å². The van der Waals surface area contributed by atoms with Gasteiger partial charge in [-0.3, -0.25) is 4.79 Å². The van der Waals surface area contributed by atoms with E-state index in [0.29, 0.717) is 23.6 Å². The molecule has 0 aromatic heterocycles. The second-order valence-corrected chi connectivity index (χ2v) is 6.19. The van der Waals surface area contributed by atoms with Crippen LogP contribution in [0.5, 0.6) is 5.75 Å². The first-order valence-corrected chi connectivity index (χ1v) is 8.36. The molecule has 0 fully saturated rings. The number of carbonyl (C=O) groups is 1. The Morgan fingerprint density at radius 3 is 2.84 bits per heavy atom. The van der Waals surface area contributed by atoms with Gasteiger partial charge in [0.2, 0.25) is 0 Å². The molecule has 0 saturated carbocycles. The molecule has 0 radical (unpaired) electrons. The fraction of sp³-hybridized carbons (Fsp3) is 0.100. The minimum atomic E-state index is -0.470. The van der Waals surface area contributed by atoms with E-state index in [1.807, 2.05) is 37.3 Å². The van der Waals surface area contributed by atoms with Crippen LogP contribution < -0.4 is 10.1 Å². The maximum absolute atomic E-state index is 12.4. The summed E-state index contributed by atoms with van der Waals surface area (Å²) in [5.41, 5.74) is 2.28. The van der Waals surface area contributed by atoms with Crippen molar-refractivity contribution in [1.82, 2.24) is 0 Å². The third kappa shape index (κ3) is 5.33. The lowest BCUT2D eigenvalue weighted by Gasteiger charge is -2.09. The van der Waals surface area contributed by atoms with Gasteiger partial charge in [-0.15, -0.1) is 0 Å². The average Bonchev–Trinajstić information content (AvgIpc) is 2.58.